The number of likely N-dealkylation sites (N-methyl/N-ethyl adjacent to an activating group) is 1. The molecule has 1 N–H and O–H groups in total. The summed E-state index contributed by atoms with van der Waals surface area (Å²) in [6, 6.07) is 1.41. The minimum absolute atomic E-state index is 0.703. The van der Waals surface area contributed by atoms with Crippen molar-refractivity contribution in [1.29, 1.82) is 0 Å². The van der Waals surface area contributed by atoms with E-state index in [0.29, 0.717) is 12.1 Å². The van der Waals surface area contributed by atoms with Crippen LogP contribution in [0.25, 0.3) is 0 Å². The number of hydrogen-bond donors (Lipinski definition) is 1. The lowest BCUT2D eigenvalue weighted by atomic mass is 10.0. The molecule has 2 atom stereocenters. The van der Waals surface area contributed by atoms with Gasteiger partial charge in [-0.05, 0) is 32.9 Å². The Kier molecular flexibility index (Phi) is 3.19. The van der Waals surface area contributed by atoms with Gasteiger partial charge in [-0.15, -0.1) is 0 Å². The molecule has 0 bridgehead atoms. The maximum absolute atomic E-state index is 5.42. The first-order valence-electron chi connectivity index (χ1n) is 5.39. The van der Waals surface area contributed by atoms with E-state index in [4.69, 9.17) is 4.74 Å². The lowest BCUT2D eigenvalue weighted by Crippen LogP contribution is -2.48. The van der Waals surface area contributed by atoms with Gasteiger partial charge in [0.25, 0.3) is 0 Å². The van der Waals surface area contributed by atoms with Crippen molar-refractivity contribution in [3.8, 4) is 0 Å². The van der Waals surface area contributed by atoms with E-state index in [1.807, 2.05) is 0 Å². The van der Waals surface area contributed by atoms with Gasteiger partial charge in [-0.1, -0.05) is 0 Å². The van der Waals surface area contributed by atoms with Crippen molar-refractivity contribution in [2.45, 2.75) is 31.3 Å². The molecule has 2 rings (SSSR count). The van der Waals surface area contributed by atoms with E-state index in [1.165, 1.54) is 32.4 Å². The van der Waals surface area contributed by atoms with E-state index >= 15 is 0 Å². The van der Waals surface area contributed by atoms with Crippen LogP contribution in [-0.4, -0.2) is 50.3 Å². The maximum atomic E-state index is 5.42. The van der Waals surface area contributed by atoms with Gasteiger partial charge in [-0.25, -0.2) is 0 Å². The molecule has 0 saturated carbocycles. The van der Waals surface area contributed by atoms with Crippen LogP contribution in [0.4, 0.5) is 0 Å². The number of rotatable bonds is 2. The third-order valence-corrected chi connectivity index (χ3v) is 3.28. The predicted octanol–water partition coefficient (Wildman–Crippen LogP) is 0.459. The fraction of sp³-hybridized carbons (Fsp3) is 1.00. The molecule has 76 valence electrons. The van der Waals surface area contributed by atoms with Crippen molar-refractivity contribution in [3.63, 3.8) is 0 Å². The molecule has 2 aliphatic heterocycles. The smallest absolute Gasteiger partial charge is 0.0622 e. The molecule has 0 aromatic carbocycles. The van der Waals surface area contributed by atoms with Gasteiger partial charge in [-0.3, -0.25) is 4.90 Å². The second-order valence-electron chi connectivity index (χ2n) is 4.14. The van der Waals surface area contributed by atoms with Crippen molar-refractivity contribution in [1.82, 2.24) is 10.2 Å². The van der Waals surface area contributed by atoms with Gasteiger partial charge in [0, 0.05) is 25.2 Å². The molecule has 2 heterocycles. The highest BCUT2D eigenvalue weighted by Gasteiger charge is 2.27. The fourth-order valence-corrected chi connectivity index (χ4v) is 2.38. The zero-order valence-electron chi connectivity index (χ0n) is 8.46. The van der Waals surface area contributed by atoms with Gasteiger partial charge in [-0.2, -0.15) is 0 Å². The number of hydrogen-bond acceptors (Lipinski definition) is 3. The molecule has 0 radical (unpaired) electrons. The number of likely N-dealkylation sites (tertiary alicyclic amines) is 1. The third kappa shape index (κ3) is 2.22. The molecule has 2 aliphatic rings. The van der Waals surface area contributed by atoms with Gasteiger partial charge < -0.3 is 10.1 Å². The molecule has 3 heteroatoms. The molecule has 0 aliphatic carbocycles. The van der Waals surface area contributed by atoms with E-state index in [-0.39, 0.29) is 0 Å². The van der Waals surface area contributed by atoms with Crippen LogP contribution in [0.1, 0.15) is 19.3 Å². The first kappa shape index (κ1) is 9.44. The molecule has 2 saturated heterocycles. The SMILES string of the molecule is CNC1CCCN(C2CCOC2)C1. The zero-order chi connectivity index (χ0) is 9.10. The van der Waals surface area contributed by atoms with Gasteiger partial charge >= 0.3 is 0 Å². The minimum atomic E-state index is 0.703. The fourth-order valence-electron chi connectivity index (χ4n) is 2.38. The summed E-state index contributed by atoms with van der Waals surface area (Å²) in [5.74, 6) is 0. The second kappa shape index (κ2) is 4.40. The summed E-state index contributed by atoms with van der Waals surface area (Å²) in [6.07, 6.45) is 3.90. The van der Waals surface area contributed by atoms with Crippen LogP contribution >= 0.6 is 0 Å². The van der Waals surface area contributed by atoms with Crippen molar-refractivity contribution in [2.75, 3.05) is 33.4 Å². The monoisotopic (exact) mass is 184 g/mol. The van der Waals surface area contributed by atoms with E-state index in [9.17, 15) is 0 Å². The van der Waals surface area contributed by atoms with Gasteiger partial charge in [0.05, 0.1) is 6.61 Å². The topological polar surface area (TPSA) is 24.5 Å². The Hall–Kier alpha value is -0.120. The molecule has 3 nitrogen and oxygen atoms in total. The summed E-state index contributed by atoms with van der Waals surface area (Å²) >= 11 is 0. The molecule has 0 spiro atoms. The van der Waals surface area contributed by atoms with E-state index in [1.54, 1.807) is 0 Å². The summed E-state index contributed by atoms with van der Waals surface area (Å²) < 4.78 is 5.42. The number of nitrogens with one attached hydrogen (secondary N) is 1. The molecular formula is C10H20N2O. The lowest BCUT2D eigenvalue weighted by molar-refractivity contribution is 0.114. The normalized spacial score (nSPS) is 36.7. The quantitative estimate of drug-likeness (QED) is 0.675. The Bertz CT molecular complexity index is 157. The van der Waals surface area contributed by atoms with Crippen molar-refractivity contribution < 1.29 is 4.74 Å². The van der Waals surface area contributed by atoms with E-state index < -0.39 is 0 Å². The summed E-state index contributed by atoms with van der Waals surface area (Å²) in [5.41, 5.74) is 0. The minimum Gasteiger partial charge on any atom is -0.380 e. The zero-order valence-corrected chi connectivity index (χ0v) is 8.46. The number of nitrogens with zero attached hydrogens (tertiary/aromatic N) is 1. The summed E-state index contributed by atoms with van der Waals surface area (Å²) in [5, 5.41) is 3.37. The van der Waals surface area contributed by atoms with Crippen LogP contribution in [0.15, 0.2) is 0 Å². The van der Waals surface area contributed by atoms with Crippen molar-refractivity contribution >= 4 is 0 Å². The average Bonchev–Trinajstić information content (AvgIpc) is 2.71. The van der Waals surface area contributed by atoms with Gasteiger partial charge in [0.1, 0.15) is 0 Å². The predicted molar refractivity (Wildman–Crippen MR) is 52.9 cm³/mol. The Balaban J connectivity index is 1.84. The van der Waals surface area contributed by atoms with Crippen LogP contribution in [0.2, 0.25) is 0 Å². The van der Waals surface area contributed by atoms with Crippen LogP contribution in [0.5, 0.6) is 0 Å². The van der Waals surface area contributed by atoms with Crippen LogP contribution in [-0.2, 0) is 4.74 Å². The van der Waals surface area contributed by atoms with E-state index in [0.717, 1.165) is 13.2 Å². The number of piperidine rings is 1. The Morgan fingerprint density at radius 3 is 3.00 bits per heavy atom. The molecule has 2 unspecified atom stereocenters. The van der Waals surface area contributed by atoms with Crippen molar-refractivity contribution in [2.24, 2.45) is 0 Å². The summed E-state index contributed by atoms with van der Waals surface area (Å²) in [6.45, 7) is 4.40. The standard InChI is InChI=1S/C10H20N2O/c1-11-9-3-2-5-12(7-9)10-4-6-13-8-10/h9-11H,2-8H2,1H3. The highest BCUT2D eigenvalue weighted by Crippen LogP contribution is 2.18. The van der Waals surface area contributed by atoms with Crippen LogP contribution in [0.3, 0.4) is 0 Å². The molecule has 0 amide bonds. The lowest BCUT2D eigenvalue weighted by Gasteiger charge is -2.35. The van der Waals surface area contributed by atoms with E-state index in [2.05, 4.69) is 17.3 Å². The highest BCUT2D eigenvalue weighted by atomic mass is 16.5. The molecule has 0 aromatic heterocycles. The summed E-state index contributed by atoms with van der Waals surface area (Å²) in [4.78, 5) is 2.59. The van der Waals surface area contributed by atoms with Gasteiger partial charge in [0.15, 0.2) is 0 Å². The largest absolute Gasteiger partial charge is 0.380 e. The summed E-state index contributed by atoms with van der Waals surface area (Å²) in [7, 11) is 2.07. The Morgan fingerprint density at radius 1 is 1.38 bits per heavy atom. The number of ether oxygens (including phenoxy) is 1. The third-order valence-electron chi connectivity index (χ3n) is 3.28. The first-order chi connectivity index (χ1) is 6.40. The maximum Gasteiger partial charge on any atom is 0.0622 e. The Morgan fingerprint density at radius 2 is 2.31 bits per heavy atom. The molecule has 2 fully saturated rings. The van der Waals surface area contributed by atoms with Gasteiger partial charge in [0.2, 0.25) is 0 Å². The molecular weight excluding hydrogens is 164 g/mol. The van der Waals surface area contributed by atoms with Crippen molar-refractivity contribution in [3.05, 3.63) is 0 Å². The first-order valence-corrected chi connectivity index (χ1v) is 5.39. The van der Waals surface area contributed by atoms with Crippen LogP contribution in [0, 0.1) is 0 Å². The Labute approximate surface area is 80.4 Å². The molecule has 0 aromatic rings. The second-order valence-corrected chi connectivity index (χ2v) is 4.14. The van der Waals surface area contributed by atoms with Crippen LogP contribution < -0.4 is 5.32 Å². The molecule has 13 heavy (non-hydrogen) atoms. The highest BCUT2D eigenvalue weighted by molar-refractivity contribution is 4.83. The average molecular weight is 184 g/mol.